The minimum Gasteiger partial charge on any atom is -0.344 e. The molecule has 0 spiro atoms. The molecule has 178 valence electrons. The Bertz CT molecular complexity index is 1280. The van der Waals surface area contributed by atoms with Crippen molar-refractivity contribution in [1.29, 1.82) is 0 Å². The van der Waals surface area contributed by atoms with Gasteiger partial charge in [0.05, 0.1) is 17.8 Å². The van der Waals surface area contributed by atoms with E-state index in [0.717, 1.165) is 11.1 Å². The summed E-state index contributed by atoms with van der Waals surface area (Å²) < 4.78 is 0. The van der Waals surface area contributed by atoms with E-state index in [-0.39, 0.29) is 12.3 Å². The van der Waals surface area contributed by atoms with Crippen molar-refractivity contribution in [1.82, 2.24) is 10.6 Å². The van der Waals surface area contributed by atoms with Crippen LogP contribution >= 0.6 is 11.6 Å². The number of likely N-dealkylation sites (N-methyl/N-ethyl adjacent to an activating group) is 1. The number of anilines is 1. The average Bonchev–Trinajstić information content (AvgIpc) is 2.95. The van der Waals surface area contributed by atoms with Gasteiger partial charge >= 0.3 is 0 Å². The Morgan fingerprint density at radius 3 is 2.37 bits per heavy atom. The lowest BCUT2D eigenvalue weighted by atomic mass is 10.0. The first kappa shape index (κ1) is 24.2. The average molecular weight is 489 g/mol. The molecule has 1 aliphatic heterocycles. The standard InChI is InChI=1S/C27H25ClN4O3/c1-17(29-23(33)15-18-9-5-3-6-10-18)26(34)31-25-27(35)32(2)22-14-13-20(28)16-21(22)24(30-25)19-11-7-4-8-12-19/h3-14,16-17,25H,15H2,1-2H3,(H,29,33)(H,31,34)/t17-,25?/m0/s1. The molecular weight excluding hydrogens is 464 g/mol. The van der Waals surface area contributed by atoms with Gasteiger partial charge < -0.3 is 15.5 Å². The molecule has 2 atom stereocenters. The van der Waals surface area contributed by atoms with Gasteiger partial charge in [0.15, 0.2) is 0 Å². The van der Waals surface area contributed by atoms with Crippen molar-refractivity contribution in [3.8, 4) is 0 Å². The molecule has 3 aromatic rings. The minimum absolute atomic E-state index is 0.149. The van der Waals surface area contributed by atoms with Gasteiger partial charge in [-0.15, -0.1) is 0 Å². The molecule has 3 aromatic carbocycles. The zero-order valence-electron chi connectivity index (χ0n) is 19.4. The highest BCUT2D eigenvalue weighted by atomic mass is 35.5. The number of hydrogen-bond donors (Lipinski definition) is 2. The minimum atomic E-state index is -1.18. The highest BCUT2D eigenvalue weighted by Gasteiger charge is 2.32. The second-order valence-electron chi connectivity index (χ2n) is 8.27. The van der Waals surface area contributed by atoms with Crippen LogP contribution in [0.25, 0.3) is 0 Å². The molecule has 1 unspecified atom stereocenters. The number of nitrogens with one attached hydrogen (secondary N) is 2. The van der Waals surface area contributed by atoms with Crippen molar-refractivity contribution in [2.24, 2.45) is 4.99 Å². The van der Waals surface area contributed by atoms with Gasteiger partial charge in [0.25, 0.3) is 5.91 Å². The SMILES string of the molecule is C[C@H](NC(=O)Cc1ccccc1)C(=O)NC1N=C(c2ccccc2)c2cc(Cl)ccc2N(C)C1=O. The van der Waals surface area contributed by atoms with Crippen molar-refractivity contribution >= 4 is 40.7 Å². The van der Waals surface area contributed by atoms with E-state index in [4.69, 9.17) is 11.6 Å². The zero-order chi connectivity index (χ0) is 24.9. The fourth-order valence-corrected chi connectivity index (χ4v) is 4.04. The summed E-state index contributed by atoms with van der Waals surface area (Å²) >= 11 is 6.27. The van der Waals surface area contributed by atoms with Crippen LogP contribution in [0.3, 0.4) is 0 Å². The van der Waals surface area contributed by atoms with Gasteiger partial charge in [0, 0.05) is 23.2 Å². The van der Waals surface area contributed by atoms with E-state index in [1.165, 1.54) is 4.90 Å². The van der Waals surface area contributed by atoms with E-state index in [1.54, 1.807) is 32.2 Å². The fourth-order valence-electron chi connectivity index (χ4n) is 3.87. The summed E-state index contributed by atoms with van der Waals surface area (Å²) in [5.41, 5.74) is 3.46. The summed E-state index contributed by atoms with van der Waals surface area (Å²) in [6.45, 7) is 1.57. The molecule has 0 saturated carbocycles. The smallest absolute Gasteiger partial charge is 0.272 e. The molecule has 0 saturated heterocycles. The number of benzene rings is 3. The topological polar surface area (TPSA) is 90.9 Å². The summed E-state index contributed by atoms with van der Waals surface area (Å²) in [6, 6.07) is 23.0. The quantitative estimate of drug-likeness (QED) is 0.557. The molecule has 7 nitrogen and oxygen atoms in total. The molecule has 35 heavy (non-hydrogen) atoms. The highest BCUT2D eigenvalue weighted by Crippen LogP contribution is 2.29. The van der Waals surface area contributed by atoms with Gasteiger partial charge in [0.2, 0.25) is 18.0 Å². The lowest BCUT2D eigenvalue weighted by Gasteiger charge is -2.22. The second kappa shape index (κ2) is 10.5. The van der Waals surface area contributed by atoms with Crippen LogP contribution in [0.1, 0.15) is 23.6 Å². The third-order valence-electron chi connectivity index (χ3n) is 5.70. The second-order valence-corrected chi connectivity index (χ2v) is 8.70. The van der Waals surface area contributed by atoms with Crippen molar-refractivity contribution in [2.75, 3.05) is 11.9 Å². The molecule has 0 aromatic heterocycles. The molecule has 0 aliphatic carbocycles. The molecule has 0 bridgehead atoms. The normalized spacial score (nSPS) is 16.0. The van der Waals surface area contributed by atoms with E-state index in [2.05, 4.69) is 15.6 Å². The number of aliphatic imine (C=N–C) groups is 1. The number of carbonyl (C=O) groups is 3. The van der Waals surface area contributed by atoms with E-state index in [9.17, 15) is 14.4 Å². The summed E-state index contributed by atoms with van der Waals surface area (Å²) in [6.07, 6.45) is -1.03. The number of halogens is 1. The maximum Gasteiger partial charge on any atom is 0.272 e. The fraction of sp³-hybridized carbons (Fsp3) is 0.185. The van der Waals surface area contributed by atoms with Crippen LogP contribution in [0.15, 0.2) is 83.9 Å². The third kappa shape index (κ3) is 5.58. The maximum absolute atomic E-state index is 13.3. The van der Waals surface area contributed by atoms with Gasteiger partial charge in [-0.25, -0.2) is 4.99 Å². The number of benzodiazepines with no additional fused rings is 1. The first-order valence-electron chi connectivity index (χ1n) is 11.2. The van der Waals surface area contributed by atoms with E-state index < -0.39 is 24.0 Å². The Kier molecular flexibility index (Phi) is 7.27. The predicted octanol–water partition coefficient (Wildman–Crippen LogP) is 3.34. The van der Waals surface area contributed by atoms with Gasteiger partial charge in [-0.3, -0.25) is 14.4 Å². The molecule has 8 heteroatoms. The largest absolute Gasteiger partial charge is 0.344 e. The highest BCUT2D eigenvalue weighted by molar-refractivity contribution is 6.32. The Hall–Kier alpha value is -3.97. The Balaban J connectivity index is 1.57. The van der Waals surface area contributed by atoms with Crippen LogP contribution in [-0.4, -0.2) is 42.7 Å². The van der Waals surface area contributed by atoms with Crippen LogP contribution in [0, 0.1) is 0 Å². The van der Waals surface area contributed by atoms with E-state index in [1.807, 2.05) is 60.7 Å². The predicted molar refractivity (Wildman–Crippen MR) is 137 cm³/mol. The van der Waals surface area contributed by atoms with Crippen LogP contribution in [0.5, 0.6) is 0 Å². The van der Waals surface area contributed by atoms with E-state index >= 15 is 0 Å². The van der Waals surface area contributed by atoms with Crippen molar-refractivity contribution < 1.29 is 14.4 Å². The number of nitrogens with zero attached hydrogens (tertiary/aromatic N) is 2. The monoisotopic (exact) mass is 488 g/mol. The third-order valence-corrected chi connectivity index (χ3v) is 5.94. The van der Waals surface area contributed by atoms with Gasteiger partial charge in [-0.05, 0) is 30.7 Å². The molecule has 3 amide bonds. The summed E-state index contributed by atoms with van der Waals surface area (Å²) in [5, 5.41) is 5.88. The van der Waals surface area contributed by atoms with Gasteiger partial charge in [0.1, 0.15) is 6.04 Å². The molecule has 1 aliphatic rings. The Morgan fingerprint density at radius 1 is 1.03 bits per heavy atom. The molecule has 2 N–H and O–H groups in total. The molecular formula is C27H25ClN4O3. The summed E-state index contributed by atoms with van der Waals surface area (Å²) in [7, 11) is 1.63. The van der Waals surface area contributed by atoms with Crippen LogP contribution < -0.4 is 15.5 Å². The number of rotatable bonds is 6. The van der Waals surface area contributed by atoms with Crippen molar-refractivity contribution in [2.45, 2.75) is 25.6 Å². The zero-order valence-corrected chi connectivity index (χ0v) is 20.1. The molecule has 0 fully saturated rings. The Morgan fingerprint density at radius 2 is 1.69 bits per heavy atom. The molecule has 4 rings (SSSR count). The Labute approximate surface area is 208 Å². The lowest BCUT2D eigenvalue weighted by molar-refractivity contribution is -0.130. The maximum atomic E-state index is 13.3. The number of carbonyl (C=O) groups excluding carboxylic acids is 3. The number of hydrogen-bond acceptors (Lipinski definition) is 4. The number of fused-ring (bicyclic) bond motifs is 1. The van der Waals surface area contributed by atoms with Crippen LogP contribution in [0.4, 0.5) is 5.69 Å². The van der Waals surface area contributed by atoms with E-state index in [0.29, 0.717) is 22.0 Å². The lowest BCUT2D eigenvalue weighted by Crippen LogP contribution is -2.52. The van der Waals surface area contributed by atoms with Crippen molar-refractivity contribution in [3.63, 3.8) is 0 Å². The first-order chi connectivity index (χ1) is 16.8. The van der Waals surface area contributed by atoms with Crippen molar-refractivity contribution in [3.05, 3.63) is 101 Å². The van der Waals surface area contributed by atoms with Crippen LogP contribution in [-0.2, 0) is 20.8 Å². The number of amides is 3. The van der Waals surface area contributed by atoms with Gasteiger partial charge in [-0.1, -0.05) is 72.3 Å². The first-order valence-corrected chi connectivity index (χ1v) is 11.6. The van der Waals surface area contributed by atoms with Crippen LogP contribution in [0.2, 0.25) is 5.02 Å². The summed E-state index contributed by atoms with van der Waals surface area (Å²) in [5.74, 6) is -1.22. The van der Waals surface area contributed by atoms with Gasteiger partial charge in [-0.2, -0.15) is 0 Å². The molecule has 0 radical (unpaired) electrons. The summed E-state index contributed by atoms with van der Waals surface area (Å²) in [4.78, 5) is 44.7. The molecule has 1 heterocycles.